The standard InChI is InChI=1S/C21H22N4O2/c1-2-27-21(26)14-7-8-16-15(11-14)18-19(24-16)22-12-23-20(18)25-10-9-13-5-3-4-6-17(13)25/h3-6,12,14H,2,7-11H2,1H3,(H,22,23,24). The van der Waals surface area contributed by atoms with E-state index >= 15 is 0 Å². The molecular formula is C21H22N4O2. The normalized spacial score (nSPS) is 18.4. The maximum atomic E-state index is 12.3. The second kappa shape index (κ2) is 6.37. The Balaban J connectivity index is 1.60. The SMILES string of the molecule is CCOC(=O)C1CCc2[nH]c3ncnc(N4CCc5ccccc54)c3c2C1. The van der Waals surface area contributed by atoms with Crippen LogP contribution < -0.4 is 4.90 Å². The Morgan fingerprint density at radius 2 is 2.19 bits per heavy atom. The number of rotatable bonds is 3. The number of hydrogen-bond donors (Lipinski definition) is 1. The van der Waals surface area contributed by atoms with Crippen molar-refractivity contribution < 1.29 is 9.53 Å². The fourth-order valence-corrected chi connectivity index (χ4v) is 4.45. The third-order valence-corrected chi connectivity index (χ3v) is 5.72. The van der Waals surface area contributed by atoms with Crippen molar-refractivity contribution in [2.24, 2.45) is 5.92 Å². The van der Waals surface area contributed by atoms with Crippen molar-refractivity contribution in [1.29, 1.82) is 0 Å². The summed E-state index contributed by atoms with van der Waals surface area (Å²) in [4.78, 5) is 27.2. The number of carbonyl (C=O) groups excluding carboxylic acids is 1. The second-order valence-electron chi connectivity index (χ2n) is 7.23. The third kappa shape index (κ3) is 2.59. The Kier molecular flexibility index (Phi) is 3.85. The van der Waals surface area contributed by atoms with Crippen LogP contribution in [0.4, 0.5) is 11.5 Å². The Labute approximate surface area is 157 Å². The number of H-pyrrole nitrogens is 1. The van der Waals surface area contributed by atoms with Crippen molar-refractivity contribution in [2.45, 2.75) is 32.6 Å². The van der Waals surface area contributed by atoms with Crippen LogP contribution in [0.15, 0.2) is 30.6 Å². The maximum Gasteiger partial charge on any atom is 0.309 e. The molecule has 1 aromatic carbocycles. The number of esters is 1. The molecule has 0 fully saturated rings. The topological polar surface area (TPSA) is 71.1 Å². The van der Waals surface area contributed by atoms with Gasteiger partial charge in [0, 0.05) is 17.9 Å². The average molecular weight is 362 g/mol. The van der Waals surface area contributed by atoms with Crippen molar-refractivity contribution in [3.63, 3.8) is 0 Å². The van der Waals surface area contributed by atoms with Gasteiger partial charge >= 0.3 is 5.97 Å². The molecule has 2 aliphatic rings. The highest BCUT2D eigenvalue weighted by Crippen LogP contribution is 2.40. The Hall–Kier alpha value is -2.89. The van der Waals surface area contributed by atoms with Gasteiger partial charge < -0.3 is 14.6 Å². The van der Waals surface area contributed by atoms with E-state index in [1.807, 2.05) is 6.92 Å². The molecule has 1 N–H and O–H groups in total. The molecule has 1 unspecified atom stereocenters. The van der Waals surface area contributed by atoms with Crippen LogP contribution in [0, 0.1) is 5.92 Å². The van der Waals surface area contributed by atoms with Gasteiger partial charge in [-0.15, -0.1) is 0 Å². The summed E-state index contributed by atoms with van der Waals surface area (Å²) < 4.78 is 5.27. The molecule has 0 radical (unpaired) electrons. The largest absolute Gasteiger partial charge is 0.466 e. The van der Waals surface area contributed by atoms with Crippen molar-refractivity contribution in [3.8, 4) is 0 Å². The summed E-state index contributed by atoms with van der Waals surface area (Å²) in [6.45, 7) is 3.19. The first kappa shape index (κ1) is 16.3. The minimum Gasteiger partial charge on any atom is -0.466 e. The minimum absolute atomic E-state index is 0.0876. The van der Waals surface area contributed by atoms with Gasteiger partial charge in [-0.1, -0.05) is 18.2 Å². The van der Waals surface area contributed by atoms with E-state index in [0.29, 0.717) is 13.0 Å². The molecule has 0 saturated carbocycles. The number of aromatic nitrogens is 3. The van der Waals surface area contributed by atoms with E-state index in [4.69, 9.17) is 4.74 Å². The summed E-state index contributed by atoms with van der Waals surface area (Å²) in [5, 5.41) is 1.05. The molecule has 27 heavy (non-hydrogen) atoms. The molecule has 1 aliphatic carbocycles. The van der Waals surface area contributed by atoms with Gasteiger partial charge in [0.05, 0.1) is 17.9 Å². The lowest BCUT2D eigenvalue weighted by Crippen LogP contribution is -2.24. The van der Waals surface area contributed by atoms with Crippen LogP contribution in [0.2, 0.25) is 0 Å². The number of aryl methyl sites for hydroxylation is 1. The van der Waals surface area contributed by atoms with Crippen LogP contribution in [0.5, 0.6) is 0 Å². The monoisotopic (exact) mass is 362 g/mol. The Morgan fingerprint density at radius 3 is 3.07 bits per heavy atom. The molecule has 0 bridgehead atoms. The van der Waals surface area contributed by atoms with E-state index in [1.165, 1.54) is 22.5 Å². The van der Waals surface area contributed by atoms with Crippen LogP contribution >= 0.6 is 0 Å². The maximum absolute atomic E-state index is 12.3. The number of aromatic amines is 1. The fourth-order valence-electron chi connectivity index (χ4n) is 4.45. The number of fused-ring (bicyclic) bond motifs is 4. The van der Waals surface area contributed by atoms with Crippen molar-refractivity contribution >= 4 is 28.5 Å². The quantitative estimate of drug-likeness (QED) is 0.724. The predicted octanol–water partition coefficient (Wildman–Crippen LogP) is 3.32. The molecule has 0 spiro atoms. The smallest absolute Gasteiger partial charge is 0.309 e. The number of ether oxygens (including phenoxy) is 1. The first-order chi connectivity index (χ1) is 13.3. The molecule has 3 aromatic rings. The molecule has 0 amide bonds. The number of benzene rings is 1. The lowest BCUT2D eigenvalue weighted by atomic mass is 9.86. The highest BCUT2D eigenvalue weighted by molar-refractivity contribution is 5.95. The van der Waals surface area contributed by atoms with Crippen LogP contribution in [0.1, 0.15) is 30.2 Å². The summed E-state index contributed by atoms with van der Waals surface area (Å²) in [5.74, 6) is 0.754. The van der Waals surface area contributed by atoms with E-state index in [2.05, 4.69) is 44.1 Å². The molecule has 0 saturated heterocycles. The van der Waals surface area contributed by atoms with Gasteiger partial charge in [-0.25, -0.2) is 9.97 Å². The molecule has 138 valence electrons. The summed E-state index contributed by atoms with van der Waals surface area (Å²) in [7, 11) is 0. The zero-order chi connectivity index (χ0) is 18.4. The van der Waals surface area contributed by atoms with E-state index < -0.39 is 0 Å². The molecule has 6 heteroatoms. The number of nitrogens with zero attached hydrogens (tertiary/aromatic N) is 3. The summed E-state index contributed by atoms with van der Waals surface area (Å²) in [6.07, 6.45) is 4.98. The van der Waals surface area contributed by atoms with Crippen molar-refractivity contribution in [1.82, 2.24) is 15.0 Å². The highest BCUT2D eigenvalue weighted by atomic mass is 16.5. The molecular weight excluding hydrogens is 340 g/mol. The van der Waals surface area contributed by atoms with Gasteiger partial charge in [-0.3, -0.25) is 4.79 Å². The van der Waals surface area contributed by atoms with E-state index in [0.717, 1.165) is 42.7 Å². The summed E-state index contributed by atoms with van der Waals surface area (Å²) in [5.41, 5.74) is 5.77. The van der Waals surface area contributed by atoms with Crippen LogP contribution in [-0.4, -0.2) is 34.1 Å². The summed E-state index contributed by atoms with van der Waals surface area (Å²) in [6, 6.07) is 8.48. The number of nitrogens with one attached hydrogen (secondary N) is 1. The predicted molar refractivity (Wildman–Crippen MR) is 103 cm³/mol. The Bertz CT molecular complexity index is 1030. The molecule has 1 aliphatic heterocycles. The van der Waals surface area contributed by atoms with Gasteiger partial charge in [-0.05, 0) is 49.8 Å². The number of para-hydroxylation sites is 1. The van der Waals surface area contributed by atoms with Crippen LogP contribution in [0.25, 0.3) is 11.0 Å². The fraction of sp³-hybridized carbons (Fsp3) is 0.381. The van der Waals surface area contributed by atoms with Crippen LogP contribution in [-0.2, 0) is 28.8 Å². The first-order valence-corrected chi connectivity index (χ1v) is 9.62. The van der Waals surface area contributed by atoms with Gasteiger partial charge in [0.2, 0.25) is 0 Å². The number of carbonyl (C=O) groups is 1. The molecule has 6 nitrogen and oxygen atoms in total. The van der Waals surface area contributed by atoms with Gasteiger partial charge in [-0.2, -0.15) is 0 Å². The summed E-state index contributed by atoms with van der Waals surface area (Å²) >= 11 is 0. The van der Waals surface area contributed by atoms with Crippen molar-refractivity contribution in [3.05, 3.63) is 47.4 Å². The highest BCUT2D eigenvalue weighted by Gasteiger charge is 2.31. The molecule has 3 heterocycles. The number of hydrogen-bond acceptors (Lipinski definition) is 5. The van der Waals surface area contributed by atoms with E-state index in [-0.39, 0.29) is 11.9 Å². The molecule has 2 aromatic heterocycles. The van der Waals surface area contributed by atoms with Gasteiger partial charge in [0.25, 0.3) is 0 Å². The lowest BCUT2D eigenvalue weighted by Gasteiger charge is -2.23. The molecule has 5 rings (SSSR count). The Morgan fingerprint density at radius 1 is 1.30 bits per heavy atom. The molecule has 1 atom stereocenters. The van der Waals surface area contributed by atoms with Crippen LogP contribution in [0.3, 0.4) is 0 Å². The van der Waals surface area contributed by atoms with Gasteiger partial charge in [0.1, 0.15) is 17.8 Å². The third-order valence-electron chi connectivity index (χ3n) is 5.72. The second-order valence-corrected chi connectivity index (χ2v) is 7.23. The number of anilines is 2. The zero-order valence-electron chi connectivity index (χ0n) is 15.4. The van der Waals surface area contributed by atoms with Crippen molar-refractivity contribution in [2.75, 3.05) is 18.1 Å². The van der Waals surface area contributed by atoms with E-state index in [1.54, 1.807) is 6.33 Å². The van der Waals surface area contributed by atoms with E-state index in [9.17, 15) is 4.79 Å². The average Bonchev–Trinajstić information content (AvgIpc) is 3.29. The van der Waals surface area contributed by atoms with Gasteiger partial charge in [0.15, 0.2) is 0 Å². The zero-order valence-corrected chi connectivity index (χ0v) is 15.4. The lowest BCUT2D eigenvalue weighted by molar-refractivity contribution is -0.148. The minimum atomic E-state index is -0.0950. The first-order valence-electron chi connectivity index (χ1n) is 9.62.